The van der Waals surface area contributed by atoms with Gasteiger partial charge < -0.3 is 14.7 Å². The number of fused-ring (bicyclic) bond motifs is 2. The van der Waals surface area contributed by atoms with Gasteiger partial charge in [-0.3, -0.25) is 0 Å². The summed E-state index contributed by atoms with van der Waals surface area (Å²) in [5.74, 6) is -1.84. The lowest BCUT2D eigenvalue weighted by molar-refractivity contribution is -0.0629. The van der Waals surface area contributed by atoms with Gasteiger partial charge in [0.25, 0.3) is 0 Å². The second kappa shape index (κ2) is 5.94. The SMILES string of the molecule is Cc1c(C2(O)CC3CCC(C2)N3C(=O)OC(C)(C)C)ccc(F)c1F. The highest BCUT2D eigenvalue weighted by Crippen LogP contribution is 2.47. The molecule has 4 nitrogen and oxygen atoms in total. The fourth-order valence-corrected chi connectivity index (χ4v) is 4.21. The van der Waals surface area contributed by atoms with Gasteiger partial charge in [-0.25, -0.2) is 13.6 Å². The number of nitrogens with zero attached hydrogens (tertiary/aromatic N) is 1. The molecule has 2 atom stereocenters. The van der Waals surface area contributed by atoms with Crippen LogP contribution in [0.15, 0.2) is 12.1 Å². The van der Waals surface area contributed by atoms with E-state index in [1.54, 1.807) is 4.90 Å². The molecule has 2 saturated heterocycles. The van der Waals surface area contributed by atoms with Crippen molar-refractivity contribution in [2.45, 2.75) is 76.7 Å². The smallest absolute Gasteiger partial charge is 0.410 e. The summed E-state index contributed by atoms with van der Waals surface area (Å²) in [5.41, 5.74) is -1.30. The van der Waals surface area contributed by atoms with Crippen LogP contribution >= 0.6 is 0 Å². The monoisotopic (exact) mass is 353 g/mol. The first-order chi connectivity index (χ1) is 11.5. The molecule has 0 radical (unpaired) electrons. The largest absolute Gasteiger partial charge is 0.444 e. The molecule has 2 aliphatic heterocycles. The summed E-state index contributed by atoms with van der Waals surface area (Å²) in [6.07, 6.45) is 1.77. The minimum Gasteiger partial charge on any atom is -0.444 e. The van der Waals surface area contributed by atoms with E-state index in [1.165, 1.54) is 13.0 Å². The van der Waals surface area contributed by atoms with Gasteiger partial charge in [0.15, 0.2) is 11.6 Å². The molecule has 0 aromatic heterocycles. The van der Waals surface area contributed by atoms with Crippen molar-refractivity contribution in [3.63, 3.8) is 0 Å². The quantitative estimate of drug-likeness (QED) is 0.829. The highest BCUT2D eigenvalue weighted by molar-refractivity contribution is 5.70. The van der Waals surface area contributed by atoms with Crippen LogP contribution in [0.5, 0.6) is 0 Å². The lowest BCUT2D eigenvalue weighted by atomic mass is 9.79. The van der Waals surface area contributed by atoms with Gasteiger partial charge in [0, 0.05) is 24.9 Å². The van der Waals surface area contributed by atoms with E-state index in [9.17, 15) is 18.7 Å². The first kappa shape index (κ1) is 18.1. The number of hydrogen-bond donors (Lipinski definition) is 1. The van der Waals surface area contributed by atoms with E-state index in [4.69, 9.17) is 4.74 Å². The van der Waals surface area contributed by atoms with Crippen LogP contribution in [0.4, 0.5) is 13.6 Å². The first-order valence-corrected chi connectivity index (χ1v) is 8.70. The maximum absolute atomic E-state index is 13.9. The van der Waals surface area contributed by atoms with Crippen LogP contribution in [0.3, 0.4) is 0 Å². The fraction of sp³-hybridized carbons (Fsp3) is 0.632. The Morgan fingerprint density at radius 2 is 1.80 bits per heavy atom. The predicted octanol–water partition coefficient (Wildman–Crippen LogP) is 4.02. The molecule has 2 aliphatic rings. The minimum atomic E-state index is -1.26. The number of amides is 1. The molecule has 1 amide bonds. The Balaban J connectivity index is 1.86. The van der Waals surface area contributed by atoms with E-state index in [0.29, 0.717) is 18.4 Å². The third-order valence-electron chi connectivity index (χ3n) is 5.21. The van der Waals surface area contributed by atoms with Crippen LogP contribution in [0.1, 0.15) is 57.6 Å². The molecule has 138 valence electrons. The van der Waals surface area contributed by atoms with Crippen molar-refractivity contribution in [3.05, 3.63) is 34.9 Å². The van der Waals surface area contributed by atoms with Crippen molar-refractivity contribution in [1.82, 2.24) is 4.90 Å². The van der Waals surface area contributed by atoms with Gasteiger partial charge in [-0.1, -0.05) is 6.07 Å². The average Bonchev–Trinajstić information content (AvgIpc) is 2.76. The van der Waals surface area contributed by atoms with Gasteiger partial charge in [0.1, 0.15) is 5.60 Å². The average molecular weight is 353 g/mol. The van der Waals surface area contributed by atoms with E-state index in [0.717, 1.165) is 18.9 Å². The number of ether oxygens (including phenoxy) is 1. The number of carbonyl (C=O) groups is 1. The third kappa shape index (κ3) is 3.24. The molecule has 0 saturated carbocycles. The summed E-state index contributed by atoms with van der Waals surface area (Å²) in [4.78, 5) is 14.2. The Hall–Kier alpha value is -1.69. The normalized spacial score (nSPS) is 29.0. The highest BCUT2D eigenvalue weighted by atomic mass is 19.2. The van der Waals surface area contributed by atoms with Crippen molar-refractivity contribution in [3.8, 4) is 0 Å². The zero-order chi connectivity index (χ0) is 18.6. The molecule has 1 aromatic carbocycles. The van der Waals surface area contributed by atoms with Gasteiger partial charge in [-0.15, -0.1) is 0 Å². The molecule has 0 spiro atoms. The predicted molar refractivity (Wildman–Crippen MR) is 89.1 cm³/mol. The lowest BCUT2D eigenvalue weighted by Gasteiger charge is -2.44. The Morgan fingerprint density at radius 3 is 2.32 bits per heavy atom. The Kier molecular flexibility index (Phi) is 4.30. The second-order valence-electron chi connectivity index (χ2n) is 8.25. The van der Waals surface area contributed by atoms with E-state index in [2.05, 4.69) is 0 Å². The Bertz CT molecular complexity index is 685. The van der Waals surface area contributed by atoms with Crippen LogP contribution in [0.2, 0.25) is 0 Å². The lowest BCUT2D eigenvalue weighted by Crippen LogP contribution is -2.53. The molecule has 0 aliphatic carbocycles. The van der Waals surface area contributed by atoms with Crippen molar-refractivity contribution in [2.75, 3.05) is 0 Å². The summed E-state index contributed by atoms with van der Waals surface area (Å²) in [7, 11) is 0. The van der Waals surface area contributed by atoms with Gasteiger partial charge in [0.05, 0.1) is 5.60 Å². The van der Waals surface area contributed by atoms with Crippen LogP contribution in [-0.2, 0) is 10.3 Å². The van der Waals surface area contributed by atoms with Crippen molar-refractivity contribution in [2.24, 2.45) is 0 Å². The zero-order valence-electron chi connectivity index (χ0n) is 15.1. The number of piperidine rings is 1. The van der Waals surface area contributed by atoms with E-state index in [1.807, 2.05) is 20.8 Å². The fourth-order valence-electron chi connectivity index (χ4n) is 4.21. The van der Waals surface area contributed by atoms with Gasteiger partial charge in [-0.2, -0.15) is 0 Å². The molecule has 1 aromatic rings. The molecule has 2 unspecified atom stereocenters. The van der Waals surface area contributed by atoms with Crippen LogP contribution in [0.25, 0.3) is 0 Å². The number of benzene rings is 1. The number of carbonyl (C=O) groups excluding carboxylic acids is 1. The summed E-state index contributed by atoms with van der Waals surface area (Å²) >= 11 is 0. The second-order valence-corrected chi connectivity index (χ2v) is 8.25. The third-order valence-corrected chi connectivity index (χ3v) is 5.21. The highest BCUT2D eigenvalue weighted by Gasteiger charge is 2.51. The maximum atomic E-state index is 13.9. The number of halogens is 2. The Labute approximate surface area is 146 Å². The minimum absolute atomic E-state index is 0.132. The molecule has 25 heavy (non-hydrogen) atoms. The number of rotatable bonds is 1. The Morgan fingerprint density at radius 1 is 1.24 bits per heavy atom. The van der Waals surface area contributed by atoms with Gasteiger partial charge in [-0.05, 0) is 57.7 Å². The summed E-state index contributed by atoms with van der Waals surface area (Å²) < 4.78 is 32.8. The topological polar surface area (TPSA) is 49.8 Å². The molecule has 1 N–H and O–H groups in total. The van der Waals surface area contributed by atoms with Crippen molar-refractivity contribution < 1.29 is 23.4 Å². The van der Waals surface area contributed by atoms with Crippen molar-refractivity contribution in [1.29, 1.82) is 0 Å². The molecule has 3 rings (SSSR count). The molecular formula is C19H25F2NO3. The van der Waals surface area contributed by atoms with Crippen LogP contribution < -0.4 is 0 Å². The van der Waals surface area contributed by atoms with E-state index < -0.39 is 22.8 Å². The standard InChI is InChI=1S/C19H25F2NO3/c1-11-14(7-8-15(20)16(11)21)19(24)9-12-5-6-13(10-19)22(12)17(23)25-18(2,3)4/h7-8,12-13,24H,5-6,9-10H2,1-4H3. The van der Waals surface area contributed by atoms with Crippen LogP contribution in [0, 0.1) is 18.6 Å². The summed E-state index contributed by atoms with van der Waals surface area (Å²) in [5, 5.41) is 11.2. The molecule has 2 fully saturated rings. The molecule has 6 heteroatoms. The zero-order valence-corrected chi connectivity index (χ0v) is 15.1. The molecule has 2 bridgehead atoms. The number of aliphatic hydroxyl groups is 1. The van der Waals surface area contributed by atoms with E-state index >= 15 is 0 Å². The molecular weight excluding hydrogens is 328 g/mol. The van der Waals surface area contributed by atoms with E-state index in [-0.39, 0.29) is 23.7 Å². The summed E-state index contributed by atoms with van der Waals surface area (Å²) in [6.45, 7) is 6.93. The maximum Gasteiger partial charge on any atom is 0.410 e. The first-order valence-electron chi connectivity index (χ1n) is 8.70. The van der Waals surface area contributed by atoms with Crippen LogP contribution in [-0.4, -0.2) is 33.8 Å². The van der Waals surface area contributed by atoms with Crippen molar-refractivity contribution >= 4 is 6.09 Å². The molecule has 2 heterocycles. The summed E-state index contributed by atoms with van der Waals surface area (Å²) in [6, 6.07) is 2.19. The van der Waals surface area contributed by atoms with Gasteiger partial charge in [0.2, 0.25) is 0 Å². The van der Waals surface area contributed by atoms with Gasteiger partial charge >= 0.3 is 6.09 Å². The number of hydrogen-bond acceptors (Lipinski definition) is 3.